The van der Waals surface area contributed by atoms with Gasteiger partial charge < -0.3 is 5.11 Å². The summed E-state index contributed by atoms with van der Waals surface area (Å²) in [5.41, 5.74) is -0.368. The molecule has 1 heterocycles. The standard InChI is InChI=1S/C11H22OS/c1-9(2)5-7-11(12)6-4-8-13-10(11)3/h9-10,12H,4-8H2,1-3H3. The van der Waals surface area contributed by atoms with Crippen LogP contribution in [0.5, 0.6) is 0 Å². The van der Waals surface area contributed by atoms with Crippen molar-refractivity contribution in [3.8, 4) is 0 Å². The highest BCUT2D eigenvalue weighted by Crippen LogP contribution is 2.37. The van der Waals surface area contributed by atoms with E-state index in [2.05, 4.69) is 20.8 Å². The molecule has 0 radical (unpaired) electrons. The predicted octanol–water partition coefficient (Wildman–Crippen LogP) is 3.07. The summed E-state index contributed by atoms with van der Waals surface area (Å²) >= 11 is 1.93. The van der Waals surface area contributed by atoms with Gasteiger partial charge in [0.05, 0.1) is 5.60 Å². The Morgan fingerprint density at radius 3 is 2.77 bits per heavy atom. The van der Waals surface area contributed by atoms with Gasteiger partial charge in [0.25, 0.3) is 0 Å². The van der Waals surface area contributed by atoms with Gasteiger partial charge in [0, 0.05) is 5.25 Å². The minimum atomic E-state index is -0.368. The maximum absolute atomic E-state index is 10.4. The SMILES string of the molecule is CC(C)CCC1(O)CCCSC1C. The summed E-state index contributed by atoms with van der Waals surface area (Å²) in [7, 11) is 0. The summed E-state index contributed by atoms with van der Waals surface area (Å²) < 4.78 is 0. The third-order valence-electron chi connectivity index (χ3n) is 3.03. The Morgan fingerprint density at radius 1 is 1.54 bits per heavy atom. The maximum Gasteiger partial charge on any atom is 0.0763 e. The molecule has 1 nitrogen and oxygen atoms in total. The number of hydrogen-bond acceptors (Lipinski definition) is 2. The normalized spacial score (nSPS) is 35.3. The summed E-state index contributed by atoms with van der Waals surface area (Å²) in [6.45, 7) is 6.62. The van der Waals surface area contributed by atoms with Gasteiger partial charge in [-0.2, -0.15) is 11.8 Å². The quantitative estimate of drug-likeness (QED) is 0.759. The van der Waals surface area contributed by atoms with Crippen molar-refractivity contribution in [2.24, 2.45) is 5.92 Å². The highest BCUT2D eigenvalue weighted by Gasteiger charge is 2.35. The molecule has 1 fully saturated rings. The largest absolute Gasteiger partial charge is 0.389 e. The zero-order valence-corrected chi connectivity index (χ0v) is 9.86. The van der Waals surface area contributed by atoms with Crippen molar-refractivity contribution in [2.75, 3.05) is 5.75 Å². The fourth-order valence-corrected chi connectivity index (χ4v) is 3.07. The molecule has 13 heavy (non-hydrogen) atoms. The number of aliphatic hydroxyl groups is 1. The molecule has 1 aliphatic heterocycles. The monoisotopic (exact) mass is 202 g/mol. The Bertz CT molecular complexity index is 158. The van der Waals surface area contributed by atoms with Gasteiger partial charge in [-0.05, 0) is 37.4 Å². The maximum atomic E-state index is 10.4. The molecule has 0 aromatic heterocycles. The van der Waals surface area contributed by atoms with Crippen LogP contribution in [-0.4, -0.2) is 21.7 Å². The van der Waals surface area contributed by atoms with E-state index in [0.29, 0.717) is 11.2 Å². The molecule has 1 N–H and O–H groups in total. The van der Waals surface area contributed by atoms with E-state index in [9.17, 15) is 5.11 Å². The molecule has 0 aliphatic carbocycles. The first-order valence-corrected chi connectivity index (χ1v) is 6.43. The van der Waals surface area contributed by atoms with Crippen LogP contribution in [0, 0.1) is 5.92 Å². The van der Waals surface area contributed by atoms with Gasteiger partial charge in [0.1, 0.15) is 0 Å². The van der Waals surface area contributed by atoms with Crippen molar-refractivity contribution in [3.05, 3.63) is 0 Å². The van der Waals surface area contributed by atoms with Crippen LogP contribution in [0.25, 0.3) is 0 Å². The zero-order valence-electron chi connectivity index (χ0n) is 9.05. The van der Waals surface area contributed by atoms with E-state index in [1.165, 1.54) is 12.2 Å². The molecule has 1 saturated heterocycles. The minimum Gasteiger partial charge on any atom is -0.389 e. The molecule has 2 heteroatoms. The van der Waals surface area contributed by atoms with Crippen molar-refractivity contribution < 1.29 is 5.11 Å². The molecule has 1 rings (SSSR count). The Kier molecular flexibility index (Phi) is 4.11. The molecule has 2 unspecified atom stereocenters. The van der Waals surface area contributed by atoms with E-state index in [1.54, 1.807) is 0 Å². The first-order chi connectivity index (χ1) is 6.04. The molecule has 2 atom stereocenters. The smallest absolute Gasteiger partial charge is 0.0763 e. The highest BCUT2D eigenvalue weighted by molar-refractivity contribution is 8.00. The number of hydrogen-bond donors (Lipinski definition) is 1. The lowest BCUT2D eigenvalue weighted by atomic mass is 9.86. The lowest BCUT2D eigenvalue weighted by Crippen LogP contribution is -2.41. The number of thioether (sulfide) groups is 1. The van der Waals surface area contributed by atoms with Gasteiger partial charge in [0.15, 0.2) is 0 Å². The summed E-state index contributed by atoms with van der Waals surface area (Å²) in [6.07, 6.45) is 4.33. The first-order valence-electron chi connectivity index (χ1n) is 5.38. The van der Waals surface area contributed by atoms with Crippen molar-refractivity contribution in [1.82, 2.24) is 0 Å². The topological polar surface area (TPSA) is 20.2 Å². The fraction of sp³-hybridized carbons (Fsp3) is 1.00. The zero-order chi connectivity index (χ0) is 9.90. The predicted molar refractivity (Wildman–Crippen MR) is 60.2 cm³/mol. The Morgan fingerprint density at radius 2 is 2.23 bits per heavy atom. The van der Waals surface area contributed by atoms with Crippen LogP contribution < -0.4 is 0 Å². The molecule has 1 aliphatic rings. The molecule has 0 amide bonds. The van der Waals surface area contributed by atoms with Crippen LogP contribution in [-0.2, 0) is 0 Å². The average Bonchev–Trinajstić information content (AvgIpc) is 2.07. The minimum absolute atomic E-state index is 0.368. The molecule has 0 aromatic carbocycles. The molecule has 0 aromatic rings. The van der Waals surface area contributed by atoms with Gasteiger partial charge in [0.2, 0.25) is 0 Å². The summed E-state index contributed by atoms with van der Waals surface area (Å²) in [6, 6.07) is 0. The van der Waals surface area contributed by atoms with Crippen molar-refractivity contribution in [3.63, 3.8) is 0 Å². The van der Waals surface area contributed by atoms with E-state index >= 15 is 0 Å². The second-order valence-electron chi connectivity index (χ2n) is 4.65. The molecule has 78 valence electrons. The number of rotatable bonds is 3. The van der Waals surface area contributed by atoms with Gasteiger partial charge in [-0.1, -0.05) is 20.8 Å². The fourth-order valence-electron chi connectivity index (χ4n) is 1.86. The van der Waals surface area contributed by atoms with Crippen LogP contribution in [0.1, 0.15) is 46.5 Å². The average molecular weight is 202 g/mol. The molecule has 0 saturated carbocycles. The third-order valence-corrected chi connectivity index (χ3v) is 4.50. The van der Waals surface area contributed by atoms with Crippen LogP contribution in [0.15, 0.2) is 0 Å². The van der Waals surface area contributed by atoms with Gasteiger partial charge in [-0.3, -0.25) is 0 Å². The third kappa shape index (κ3) is 3.17. The lowest BCUT2D eigenvalue weighted by Gasteiger charge is -2.38. The van der Waals surface area contributed by atoms with Crippen LogP contribution >= 0.6 is 11.8 Å². The van der Waals surface area contributed by atoms with E-state index in [-0.39, 0.29) is 5.60 Å². The van der Waals surface area contributed by atoms with Crippen LogP contribution in [0.2, 0.25) is 0 Å². The van der Waals surface area contributed by atoms with Crippen LogP contribution in [0.3, 0.4) is 0 Å². The Labute approximate surface area is 86.3 Å². The lowest BCUT2D eigenvalue weighted by molar-refractivity contribution is 0.0161. The molecular formula is C11H22OS. The van der Waals surface area contributed by atoms with Gasteiger partial charge in [-0.25, -0.2) is 0 Å². The van der Waals surface area contributed by atoms with E-state index < -0.39 is 0 Å². The Balaban J connectivity index is 2.42. The summed E-state index contributed by atoms with van der Waals surface area (Å²) in [5.74, 6) is 1.94. The van der Waals surface area contributed by atoms with Crippen molar-refractivity contribution in [2.45, 2.75) is 57.3 Å². The molecule has 0 bridgehead atoms. The summed E-state index contributed by atoms with van der Waals surface area (Å²) in [5, 5.41) is 10.8. The van der Waals surface area contributed by atoms with Crippen molar-refractivity contribution in [1.29, 1.82) is 0 Å². The van der Waals surface area contributed by atoms with Gasteiger partial charge >= 0.3 is 0 Å². The molecular weight excluding hydrogens is 180 g/mol. The van der Waals surface area contributed by atoms with E-state index in [0.717, 1.165) is 19.3 Å². The summed E-state index contributed by atoms with van der Waals surface area (Å²) in [4.78, 5) is 0. The van der Waals surface area contributed by atoms with Crippen LogP contribution in [0.4, 0.5) is 0 Å². The first kappa shape index (κ1) is 11.4. The highest BCUT2D eigenvalue weighted by atomic mass is 32.2. The second-order valence-corrected chi connectivity index (χ2v) is 6.10. The second kappa shape index (κ2) is 4.70. The van der Waals surface area contributed by atoms with E-state index in [1.807, 2.05) is 11.8 Å². The Hall–Kier alpha value is 0.310. The van der Waals surface area contributed by atoms with Gasteiger partial charge in [-0.15, -0.1) is 0 Å². The molecule has 0 spiro atoms. The van der Waals surface area contributed by atoms with Crippen molar-refractivity contribution >= 4 is 11.8 Å². The van der Waals surface area contributed by atoms with E-state index in [4.69, 9.17) is 0 Å².